The monoisotopic (exact) mass is 420 g/mol. The summed E-state index contributed by atoms with van der Waals surface area (Å²) < 4.78 is 5.69. The van der Waals surface area contributed by atoms with Gasteiger partial charge >= 0.3 is 0 Å². The Balaban J connectivity index is 1.57. The molecule has 0 spiro atoms. The van der Waals surface area contributed by atoms with Gasteiger partial charge in [-0.05, 0) is 55.2 Å². The summed E-state index contributed by atoms with van der Waals surface area (Å²) in [7, 11) is 0. The molecule has 0 amide bonds. The Bertz CT molecular complexity index is 1030. The first-order valence-electron chi connectivity index (χ1n) is 10.4. The van der Waals surface area contributed by atoms with Crippen molar-refractivity contribution >= 4 is 22.1 Å². The van der Waals surface area contributed by atoms with Gasteiger partial charge in [0, 0.05) is 30.1 Å². The number of nitrogens with zero attached hydrogens (tertiary/aromatic N) is 1. The molecule has 5 heteroatoms. The Morgan fingerprint density at radius 3 is 2.53 bits per heavy atom. The molecule has 1 atom stereocenters. The van der Waals surface area contributed by atoms with E-state index in [1.165, 1.54) is 10.4 Å². The second kappa shape index (κ2) is 8.62. The van der Waals surface area contributed by atoms with E-state index in [9.17, 15) is 4.79 Å². The number of thiophene rings is 1. The highest BCUT2D eigenvalue weighted by molar-refractivity contribution is 7.16. The Kier molecular flexibility index (Phi) is 5.93. The number of hydrogen-bond acceptors (Lipinski definition) is 5. The topological polar surface area (TPSA) is 55.6 Å². The van der Waals surface area contributed by atoms with Gasteiger partial charge in [-0.25, -0.2) is 0 Å². The van der Waals surface area contributed by atoms with Crippen molar-refractivity contribution < 1.29 is 9.53 Å². The number of fused-ring (bicyclic) bond motifs is 1. The summed E-state index contributed by atoms with van der Waals surface area (Å²) in [5.41, 5.74) is 10.2. The Hall–Kier alpha value is -2.63. The third kappa shape index (κ3) is 4.27. The summed E-state index contributed by atoms with van der Waals surface area (Å²) in [6.07, 6.45) is 0.103. The standard InChI is InChI=1S/C25H28N2O2S/c1-16(2)29-20-11-9-19(10-12-20)24(28)23-22-17(3)13-27(15-21(22)30-25(23)26)14-18-7-5-4-6-8-18/h4-12,16-17H,13-15,26H2,1-3H3. The van der Waals surface area contributed by atoms with Gasteiger partial charge in [0.05, 0.1) is 16.7 Å². The molecular formula is C25H28N2O2S. The van der Waals surface area contributed by atoms with E-state index in [-0.39, 0.29) is 17.8 Å². The predicted octanol–water partition coefficient (Wildman–Crippen LogP) is 5.47. The lowest BCUT2D eigenvalue weighted by atomic mass is 9.89. The summed E-state index contributed by atoms with van der Waals surface area (Å²) in [4.78, 5) is 17.0. The summed E-state index contributed by atoms with van der Waals surface area (Å²) in [5.74, 6) is 1.03. The molecule has 30 heavy (non-hydrogen) atoms. The second-order valence-electron chi connectivity index (χ2n) is 8.25. The van der Waals surface area contributed by atoms with E-state index in [0.717, 1.165) is 30.9 Å². The average Bonchev–Trinajstić information content (AvgIpc) is 3.04. The highest BCUT2D eigenvalue weighted by atomic mass is 32.1. The van der Waals surface area contributed by atoms with Crippen molar-refractivity contribution in [2.45, 2.75) is 45.9 Å². The maximum absolute atomic E-state index is 13.3. The maximum Gasteiger partial charge on any atom is 0.196 e. The number of benzene rings is 2. The number of nitrogens with two attached hydrogens (primary N) is 1. The van der Waals surface area contributed by atoms with Gasteiger partial charge in [-0.2, -0.15) is 0 Å². The van der Waals surface area contributed by atoms with Crippen LogP contribution in [-0.2, 0) is 13.1 Å². The summed E-state index contributed by atoms with van der Waals surface area (Å²) in [5, 5.41) is 0.626. The zero-order valence-electron chi connectivity index (χ0n) is 17.7. The van der Waals surface area contributed by atoms with Crippen LogP contribution in [0, 0.1) is 0 Å². The van der Waals surface area contributed by atoms with Crippen LogP contribution in [0.15, 0.2) is 54.6 Å². The number of ether oxygens (including phenoxy) is 1. The van der Waals surface area contributed by atoms with Crippen molar-refractivity contribution in [3.05, 3.63) is 81.7 Å². The van der Waals surface area contributed by atoms with Crippen LogP contribution in [0.3, 0.4) is 0 Å². The van der Waals surface area contributed by atoms with Crippen molar-refractivity contribution in [2.24, 2.45) is 0 Å². The first-order valence-corrected chi connectivity index (χ1v) is 11.2. The zero-order valence-corrected chi connectivity index (χ0v) is 18.5. The molecule has 1 aromatic heterocycles. The van der Waals surface area contributed by atoms with Gasteiger partial charge in [0.25, 0.3) is 0 Å². The first-order chi connectivity index (χ1) is 14.4. The smallest absolute Gasteiger partial charge is 0.196 e. The number of ketones is 1. The molecule has 2 heterocycles. The van der Waals surface area contributed by atoms with Crippen LogP contribution in [0.1, 0.15) is 58.6 Å². The zero-order chi connectivity index (χ0) is 21.3. The van der Waals surface area contributed by atoms with Gasteiger partial charge in [-0.3, -0.25) is 9.69 Å². The minimum Gasteiger partial charge on any atom is -0.491 e. The molecule has 0 bridgehead atoms. The van der Waals surface area contributed by atoms with Gasteiger partial charge in [-0.1, -0.05) is 37.3 Å². The van der Waals surface area contributed by atoms with Crippen LogP contribution >= 0.6 is 11.3 Å². The fourth-order valence-corrected chi connectivity index (χ4v) is 5.42. The average molecular weight is 421 g/mol. The normalized spacial score (nSPS) is 16.5. The van der Waals surface area contributed by atoms with Crippen LogP contribution in [0.2, 0.25) is 0 Å². The van der Waals surface area contributed by atoms with E-state index in [0.29, 0.717) is 16.1 Å². The lowest BCUT2D eigenvalue weighted by Crippen LogP contribution is -2.32. The first kappa shape index (κ1) is 20.6. The lowest BCUT2D eigenvalue weighted by Gasteiger charge is -2.31. The molecule has 0 saturated carbocycles. The number of carbonyl (C=O) groups excluding carboxylic acids is 1. The molecule has 4 nitrogen and oxygen atoms in total. The van der Waals surface area contributed by atoms with Gasteiger partial charge in [-0.15, -0.1) is 11.3 Å². The van der Waals surface area contributed by atoms with E-state index >= 15 is 0 Å². The molecular weight excluding hydrogens is 392 g/mol. The SMILES string of the molecule is CC(C)Oc1ccc(C(=O)c2c(N)sc3c2C(C)CN(Cc2ccccc2)C3)cc1. The molecule has 0 aliphatic carbocycles. The third-order valence-corrected chi connectivity index (χ3v) is 6.43. The van der Waals surface area contributed by atoms with Gasteiger partial charge in [0.2, 0.25) is 0 Å². The number of anilines is 1. The quantitative estimate of drug-likeness (QED) is 0.538. The van der Waals surface area contributed by atoms with Crippen molar-refractivity contribution in [2.75, 3.05) is 12.3 Å². The molecule has 4 rings (SSSR count). The van der Waals surface area contributed by atoms with Crippen LogP contribution < -0.4 is 10.5 Å². The fourth-order valence-electron chi connectivity index (χ4n) is 4.19. The van der Waals surface area contributed by atoms with E-state index < -0.39 is 0 Å². The van der Waals surface area contributed by atoms with E-state index in [1.807, 2.05) is 44.2 Å². The van der Waals surface area contributed by atoms with Crippen molar-refractivity contribution in [3.8, 4) is 5.75 Å². The fraction of sp³-hybridized carbons (Fsp3) is 0.320. The van der Waals surface area contributed by atoms with E-state index in [4.69, 9.17) is 10.5 Å². The predicted molar refractivity (Wildman–Crippen MR) is 123 cm³/mol. The van der Waals surface area contributed by atoms with Crippen molar-refractivity contribution in [3.63, 3.8) is 0 Å². The van der Waals surface area contributed by atoms with Gasteiger partial charge in [0.1, 0.15) is 5.75 Å². The molecule has 3 aromatic rings. The molecule has 1 aliphatic rings. The van der Waals surface area contributed by atoms with Crippen LogP contribution in [0.5, 0.6) is 5.75 Å². The molecule has 2 N–H and O–H groups in total. The Morgan fingerprint density at radius 2 is 1.87 bits per heavy atom. The Labute approximate surface area is 182 Å². The number of hydrogen-bond donors (Lipinski definition) is 1. The van der Waals surface area contributed by atoms with E-state index in [2.05, 4.69) is 36.1 Å². The molecule has 1 aliphatic heterocycles. The summed E-state index contributed by atoms with van der Waals surface area (Å²) >= 11 is 1.56. The molecule has 2 aromatic carbocycles. The molecule has 0 fully saturated rings. The lowest BCUT2D eigenvalue weighted by molar-refractivity contribution is 0.103. The van der Waals surface area contributed by atoms with Crippen LogP contribution in [0.4, 0.5) is 5.00 Å². The molecule has 0 saturated heterocycles. The Morgan fingerprint density at radius 1 is 1.17 bits per heavy atom. The van der Waals surface area contributed by atoms with Gasteiger partial charge in [0.15, 0.2) is 5.78 Å². The molecule has 156 valence electrons. The summed E-state index contributed by atoms with van der Waals surface area (Å²) in [6, 6.07) is 17.9. The van der Waals surface area contributed by atoms with Crippen LogP contribution in [0.25, 0.3) is 0 Å². The second-order valence-corrected chi connectivity index (χ2v) is 9.39. The highest BCUT2D eigenvalue weighted by Crippen LogP contribution is 2.41. The van der Waals surface area contributed by atoms with Gasteiger partial charge < -0.3 is 10.5 Å². The van der Waals surface area contributed by atoms with Crippen molar-refractivity contribution in [1.82, 2.24) is 4.90 Å². The third-order valence-electron chi connectivity index (χ3n) is 5.41. The highest BCUT2D eigenvalue weighted by Gasteiger charge is 2.31. The largest absolute Gasteiger partial charge is 0.491 e. The summed E-state index contributed by atoms with van der Waals surface area (Å²) in [6.45, 7) is 8.82. The van der Waals surface area contributed by atoms with E-state index in [1.54, 1.807) is 11.3 Å². The van der Waals surface area contributed by atoms with Crippen LogP contribution in [-0.4, -0.2) is 23.3 Å². The number of rotatable bonds is 6. The van der Waals surface area contributed by atoms with Crippen molar-refractivity contribution in [1.29, 1.82) is 0 Å². The minimum absolute atomic E-state index is 0.00413. The minimum atomic E-state index is 0.00413. The number of nitrogen functional groups attached to an aromatic ring is 1. The maximum atomic E-state index is 13.3. The molecule has 1 unspecified atom stereocenters. The molecule has 0 radical (unpaired) electrons. The number of carbonyl (C=O) groups is 1.